The number of aliphatic imine (C=N–C) groups is 1. The van der Waals surface area contributed by atoms with Crippen molar-refractivity contribution in [2.24, 2.45) is 22.7 Å². The number of likely N-dealkylation sites (N-methyl/N-ethyl adjacent to an activating group) is 1. The molecule has 1 aliphatic carbocycles. The smallest absolute Gasteiger partial charge is 0.339 e. The molecule has 1 saturated carbocycles. The van der Waals surface area contributed by atoms with Crippen molar-refractivity contribution in [3.63, 3.8) is 0 Å². The third kappa shape index (κ3) is 5.75. The second-order valence-corrected chi connectivity index (χ2v) is 12.8. The first-order chi connectivity index (χ1) is 19.1. The molecule has 3 aliphatic heterocycles. The molecule has 7 nitrogen and oxygen atoms in total. The maximum atomic E-state index is 14.3. The molecule has 1 aromatic carbocycles. The Hall–Kier alpha value is -1.48. The van der Waals surface area contributed by atoms with Crippen LogP contribution in [0.2, 0.25) is 0 Å². The first kappa shape index (κ1) is 30.0. The second kappa shape index (κ2) is 12.0. The highest BCUT2D eigenvalue weighted by molar-refractivity contribution is 14.1. The van der Waals surface area contributed by atoms with Gasteiger partial charge in [-0.05, 0) is 73.8 Å². The summed E-state index contributed by atoms with van der Waals surface area (Å²) in [6.45, 7) is 2.48. The summed E-state index contributed by atoms with van der Waals surface area (Å²) in [6.07, 6.45) is 2.98. The highest BCUT2D eigenvalue weighted by Crippen LogP contribution is 2.53. The molecule has 40 heavy (non-hydrogen) atoms. The van der Waals surface area contributed by atoms with Gasteiger partial charge in [0.1, 0.15) is 11.3 Å². The summed E-state index contributed by atoms with van der Waals surface area (Å²) in [4.78, 5) is 19.8. The number of benzene rings is 1. The summed E-state index contributed by atoms with van der Waals surface area (Å²) in [5.41, 5.74) is 2.56. The van der Waals surface area contributed by atoms with E-state index in [2.05, 4.69) is 14.9 Å². The van der Waals surface area contributed by atoms with Crippen LogP contribution in [-0.4, -0.2) is 60.8 Å². The van der Waals surface area contributed by atoms with Crippen molar-refractivity contribution in [3.05, 3.63) is 53.1 Å². The Labute approximate surface area is 255 Å². The summed E-state index contributed by atoms with van der Waals surface area (Å²) < 4.78 is 52.9. The van der Waals surface area contributed by atoms with Crippen LogP contribution in [0.25, 0.3) is 0 Å². The number of carbonyl (C=O) groups is 1. The van der Waals surface area contributed by atoms with Gasteiger partial charge in [-0.2, -0.15) is 18.2 Å². The summed E-state index contributed by atoms with van der Waals surface area (Å²) in [7, 11) is 1.93. The zero-order valence-electron chi connectivity index (χ0n) is 22.2. The average Bonchev–Trinajstić information content (AvgIpc) is 3.61. The Morgan fingerprint density at radius 2 is 2.05 bits per heavy atom. The van der Waals surface area contributed by atoms with E-state index in [-0.39, 0.29) is 16.8 Å². The van der Waals surface area contributed by atoms with E-state index >= 15 is 0 Å². The molecule has 1 fully saturated rings. The first-order valence-electron chi connectivity index (χ1n) is 13.4. The molecule has 4 aliphatic rings. The van der Waals surface area contributed by atoms with Gasteiger partial charge in [-0.3, -0.25) is 12.9 Å². The number of carbonyl (C=O) groups excluding carboxylic acids is 1. The molecule has 0 aromatic heterocycles. The number of hydrazine groups is 1. The van der Waals surface area contributed by atoms with E-state index in [9.17, 15) is 18.0 Å². The zero-order valence-corrected chi connectivity index (χ0v) is 25.9. The summed E-state index contributed by atoms with van der Waals surface area (Å²) in [6, 6.07) is 4.27. The fraction of sp³-hybridized carbons (Fsp3) is 0.556. The van der Waals surface area contributed by atoms with Crippen LogP contribution in [0.15, 0.2) is 52.5 Å². The molecule has 13 heteroatoms. The van der Waals surface area contributed by atoms with Crippen LogP contribution in [0.4, 0.5) is 18.9 Å². The standard InChI is InChI=1S/C27H32ClF3IN5O2S/c1-3-16(10-12-40-39)26(38)36(32)25(27(29,30)31)17-6-8-19(9-7-17)35-11-4-5-18-13-20(18)24-21(35)15-33-23-14-22(28)34(2)37(23)24/h6-9,14-16,18,20,22,25,39H,3-5,10-13H2,1-2H3/t16-,18?,20?,22?,25-/m0/s1. The van der Waals surface area contributed by atoms with Gasteiger partial charge in [0.25, 0.3) is 0 Å². The Bertz CT molecular complexity index is 1210. The van der Waals surface area contributed by atoms with Gasteiger partial charge in [-0.15, -0.1) is 0 Å². The van der Waals surface area contributed by atoms with Crippen LogP contribution in [-0.2, 0) is 4.79 Å². The van der Waals surface area contributed by atoms with E-state index in [1.807, 2.05) is 24.3 Å². The first-order valence-corrected chi connectivity index (χ1v) is 15.8. The molecule has 0 radical (unpaired) electrons. The van der Waals surface area contributed by atoms with Crippen LogP contribution in [0.5, 0.6) is 0 Å². The van der Waals surface area contributed by atoms with E-state index in [0.29, 0.717) is 36.7 Å². The van der Waals surface area contributed by atoms with E-state index < -0.39 is 24.0 Å². The fourth-order valence-electron chi connectivity index (χ4n) is 5.91. The average molecular weight is 710 g/mol. The zero-order chi connectivity index (χ0) is 28.8. The van der Waals surface area contributed by atoms with Crippen molar-refractivity contribution in [1.82, 2.24) is 13.1 Å². The lowest BCUT2D eigenvalue weighted by Crippen LogP contribution is -2.42. The second-order valence-electron chi connectivity index (χ2n) is 10.6. The molecule has 3 unspecified atom stereocenters. The fourth-order valence-corrected chi connectivity index (χ4v) is 7.53. The van der Waals surface area contributed by atoms with E-state index in [4.69, 9.17) is 16.2 Å². The van der Waals surface area contributed by atoms with E-state index in [1.54, 1.807) is 19.1 Å². The van der Waals surface area contributed by atoms with Crippen molar-refractivity contribution in [2.75, 3.05) is 24.2 Å². The van der Waals surface area contributed by atoms with Gasteiger partial charge in [0.15, 0.2) is 6.04 Å². The number of anilines is 1. The minimum absolute atomic E-state index is 0.000629. The minimum Gasteiger partial charge on any atom is -0.339 e. The largest absolute Gasteiger partial charge is 0.413 e. The van der Waals surface area contributed by atoms with Crippen molar-refractivity contribution in [1.29, 1.82) is 0 Å². The highest BCUT2D eigenvalue weighted by atomic mass is 127. The molecule has 5 rings (SSSR count). The van der Waals surface area contributed by atoms with Gasteiger partial charge in [-0.25, -0.2) is 4.99 Å². The molecule has 0 saturated heterocycles. The molecule has 3 heterocycles. The third-order valence-electron chi connectivity index (χ3n) is 8.17. The molecule has 1 amide bonds. The predicted octanol–water partition coefficient (Wildman–Crippen LogP) is 7.19. The Balaban J connectivity index is 1.45. The van der Waals surface area contributed by atoms with Crippen molar-refractivity contribution < 1.29 is 22.5 Å². The third-order valence-corrected chi connectivity index (χ3v) is 10.0. The number of alkyl halides is 4. The minimum atomic E-state index is -4.66. The molecular formula is C27H32ClF3IN5O2S. The van der Waals surface area contributed by atoms with Gasteiger partial charge < -0.3 is 9.45 Å². The number of fused-ring (bicyclic) bond motifs is 4. The van der Waals surface area contributed by atoms with Gasteiger partial charge in [0.2, 0.25) is 5.91 Å². The monoisotopic (exact) mass is 709 g/mol. The number of nitrogens with zero attached hydrogens (tertiary/aromatic N) is 5. The topological polar surface area (TPSA) is 62.6 Å². The molecule has 5 atom stereocenters. The van der Waals surface area contributed by atoms with Crippen LogP contribution in [0, 0.1) is 17.8 Å². The molecular weight excluding hydrogens is 678 g/mol. The van der Waals surface area contributed by atoms with Crippen molar-refractivity contribution in [2.45, 2.75) is 56.7 Å². The lowest BCUT2D eigenvalue weighted by atomic mass is 9.99. The molecule has 218 valence electrons. The van der Waals surface area contributed by atoms with E-state index in [0.717, 1.165) is 51.8 Å². The Morgan fingerprint density at radius 3 is 2.70 bits per heavy atom. The lowest BCUT2D eigenvalue weighted by Gasteiger charge is -2.39. The highest BCUT2D eigenvalue weighted by Gasteiger charge is 2.49. The molecule has 1 N–H and O–H groups in total. The molecule has 1 aromatic rings. The number of amides is 1. The SMILES string of the molecule is CC[C@@H](CCSO)C(=O)N(I)[C@@H](c1ccc(N2CCCC3CC3C3=C2C=NC2=CC(Cl)N(C)N23)cc1)C(F)(F)F. The van der Waals surface area contributed by atoms with Crippen molar-refractivity contribution in [3.8, 4) is 0 Å². The van der Waals surface area contributed by atoms with Gasteiger partial charge in [0.05, 0.1) is 40.5 Å². The van der Waals surface area contributed by atoms with Crippen LogP contribution >= 0.6 is 46.5 Å². The van der Waals surface area contributed by atoms with Gasteiger partial charge in [0, 0.05) is 36.9 Å². The summed E-state index contributed by atoms with van der Waals surface area (Å²) in [5, 5.41) is 4.05. The van der Waals surface area contributed by atoms with Crippen LogP contribution in [0.1, 0.15) is 50.6 Å². The number of halogens is 5. The van der Waals surface area contributed by atoms with Crippen LogP contribution in [0.3, 0.4) is 0 Å². The molecule has 0 bridgehead atoms. The number of hydrogen-bond donors (Lipinski definition) is 1. The van der Waals surface area contributed by atoms with E-state index in [1.165, 1.54) is 35.0 Å². The summed E-state index contributed by atoms with van der Waals surface area (Å²) in [5.74, 6) is 0.906. The number of allylic oxidation sites excluding steroid dienone is 2. The summed E-state index contributed by atoms with van der Waals surface area (Å²) >= 11 is 8.59. The maximum Gasteiger partial charge on any atom is 0.413 e. The van der Waals surface area contributed by atoms with Crippen molar-refractivity contribution >= 4 is 64.3 Å². The Morgan fingerprint density at radius 1 is 1.32 bits per heavy atom. The quantitative estimate of drug-likeness (QED) is 0.101. The van der Waals surface area contributed by atoms with Crippen LogP contribution < -0.4 is 4.90 Å². The number of hydrogen-bond acceptors (Lipinski definition) is 7. The van der Waals surface area contributed by atoms with Gasteiger partial charge >= 0.3 is 6.18 Å². The number of rotatable bonds is 8. The molecule has 0 spiro atoms. The van der Waals surface area contributed by atoms with Gasteiger partial charge in [-0.1, -0.05) is 30.7 Å². The normalized spacial score (nSPS) is 25.9. The Kier molecular flexibility index (Phi) is 9.01. The predicted molar refractivity (Wildman–Crippen MR) is 161 cm³/mol. The maximum absolute atomic E-state index is 14.3. The lowest BCUT2D eigenvalue weighted by molar-refractivity contribution is -0.177.